The van der Waals surface area contributed by atoms with E-state index in [9.17, 15) is 4.79 Å². The molecule has 0 radical (unpaired) electrons. The minimum Gasteiger partial charge on any atom is -0.490 e. The normalized spacial score (nSPS) is 15.3. The minimum atomic E-state index is -0.197. The van der Waals surface area contributed by atoms with Gasteiger partial charge >= 0.3 is 0 Å². The molecule has 1 aliphatic rings. The highest BCUT2D eigenvalue weighted by molar-refractivity contribution is 14.1. The van der Waals surface area contributed by atoms with Gasteiger partial charge < -0.3 is 14.8 Å². The SMILES string of the molecule is CCOc1cc(/C=C2/SC(=Nc3cccc(Cl)c3C)NC2=O)cc(I)c1OCc1cccc2ccccc12. The quantitative estimate of drug-likeness (QED) is 0.161. The van der Waals surface area contributed by atoms with Crippen LogP contribution in [0.25, 0.3) is 16.8 Å². The topological polar surface area (TPSA) is 59.9 Å². The highest BCUT2D eigenvalue weighted by Gasteiger charge is 2.24. The van der Waals surface area contributed by atoms with E-state index in [1.165, 1.54) is 22.5 Å². The molecule has 38 heavy (non-hydrogen) atoms. The van der Waals surface area contributed by atoms with E-state index < -0.39 is 0 Å². The molecule has 8 heteroatoms. The third-order valence-electron chi connectivity index (χ3n) is 5.99. The number of carbonyl (C=O) groups is 1. The molecule has 0 spiro atoms. The number of nitrogens with zero attached hydrogens (tertiary/aromatic N) is 1. The molecule has 1 amide bonds. The fourth-order valence-corrected chi connectivity index (χ4v) is 5.89. The van der Waals surface area contributed by atoms with Gasteiger partial charge in [0.1, 0.15) is 6.61 Å². The van der Waals surface area contributed by atoms with Crippen molar-refractivity contribution in [1.29, 1.82) is 0 Å². The van der Waals surface area contributed by atoms with E-state index >= 15 is 0 Å². The Bertz CT molecular complexity index is 1600. The van der Waals surface area contributed by atoms with Crippen molar-refractivity contribution in [2.24, 2.45) is 4.99 Å². The molecule has 1 N–H and O–H groups in total. The van der Waals surface area contributed by atoms with Crippen molar-refractivity contribution in [2.45, 2.75) is 20.5 Å². The standard InChI is InChI=1S/C30H24ClIN2O3S/c1-3-36-26-15-19(16-27-29(35)34-30(38-27)33-25-13-7-12-23(31)18(25)2)14-24(32)28(26)37-17-21-10-6-9-20-8-4-5-11-22(20)21/h4-16H,3,17H2,1-2H3,(H,33,34,35)/b27-16+. The van der Waals surface area contributed by atoms with Crippen LogP contribution >= 0.6 is 46.0 Å². The maximum atomic E-state index is 12.7. The van der Waals surface area contributed by atoms with Crippen LogP contribution in [0, 0.1) is 10.5 Å². The van der Waals surface area contributed by atoms with Crippen LogP contribution < -0.4 is 14.8 Å². The van der Waals surface area contributed by atoms with Crippen LogP contribution in [-0.4, -0.2) is 17.7 Å². The zero-order valence-corrected chi connectivity index (χ0v) is 24.5. The summed E-state index contributed by atoms with van der Waals surface area (Å²) in [5.41, 5.74) is 3.54. The zero-order chi connectivity index (χ0) is 26.6. The van der Waals surface area contributed by atoms with Gasteiger partial charge in [0.2, 0.25) is 0 Å². The van der Waals surface area contributed by atoms with Crippen molar-refractivity contribution in [1.82, 2.24) is 5.32 Å². The monoisotopic (exact) mass is 654 g/mol. The summed E-state index contributed by atoms with van der Waals surface area (Å²) in [4.78, 5) is 17.8. The van der Waals surface area contributed by atoms with Crippen molar-refractivity contribution in [3.8, 4) is 11.5 Å². The number of fused-ring (bicyclic) bond motifs is 1. The second kappa shape index (κ2) is 11.8. The summed E-state index contributed by atoms with van der Waals surface area (Å²) in [6.07, 6.45) is 1.84. The van der Waals surface area contributed by atoms with E-state index in [0.717, 1.165) is 25.9 Å². The molecule has 192 valence electrons. The molecule has 0 unspecified atom stereocenters. The number of thioether (sulfide) groups is 1. The minimum absolute atomic E-state index is 0.197. The predicted molar refractivity (Wildman–Crippen MR) is 166 cm³/mol. The zero-order valence-electron chi connectivity index (χ0n) is 20.8. The number of ether oxygens (including phenoxy) is 2. The smallest absolute Gasteiger partial charge is 0.264 e. The number of amidine groups is 1. The second-order valence-electron chi connectivity index (χ2n) is 8.56. The molecule has 0 aromatic heterocycles. The van der Waals surface area contributed by atoms with Gasteiger partial charge in [-0.2, -0.15) is 0 Å². The van der Waals surface area contributed by atoms with Gasteiger partial charge in [0.15, 0.2) is 16.7 Å². The first kappa shape index (κ1) is 26.6. The largest absolute Gasteiger partial charge is 0.490 e. The van der Waals surface area contributed by atoms with E-state index in [1.54, 1.807) is 0 Å². The lowest BCUT2D eigenvalue weighted by molar-refractivity contribution is -0.115. The number of nitrogens with one attached hydrogen (secondary N) is 1. The van der Waals surface area contributed by atoms with Crippen molar-refractivity contribution in [3.63, 3.8) is 0 Å². The molecule has 4 aromatic carbocycles. The summed E-state index contributed by atoms with van der Waals surface area (Å²) in [6.45, 7) is 4.75. The van der Waals surface area contributed by atoms with E-state index in [2.05, 4.69) is 57.2 Å². The van der Waals surface area contributed by atoms with Gasteiger partial charge in [0.25, 0.3) is 5.91 Å². The van der Waals surface area contributed by atoms with Crippen LogP contribution in [-0.2, 0) is 11.4 Å². The molecule has 5 nitrogen and oxygen atoms in total. The van der Waals surface area contributed by atoms with Gasteiger partial charge in [-0.25, -0.2) is 4.99 Å². The van der Waals surface area contributed by atoms with E-state index in [4.69, 9.17) is 21.1 Å². The van der Waals surface area contributed by atoms with Crippen molar-refractivity contribution >= 4 is 79.6 Å². The fraction of sp³-hybridized carbons (Fsp3) is 0.133. The number of rotatable bonds is 7. The maximum Gasteiger partial charge on any atom is 0.264 e. The first-order chi connectivity index (χ1) is 18.4. The Balaban J connectivity index is 1.40. The molecular weight excluding hydrogens is 631 g/mol. The third-order valence-corrected chi connectivity index (χ3v) is 8.11. The van der Waals surface area contributed by atoms with E-state index in [0.29, 0.717) is 39.8 Å². The Morgan fingerprint density at radius 1 is 1.05 bits per heavy atom. The number of hydrogen-bond donors (Lipinski definition) is 1. The maximum absolute atomic E-state index is 12.7. The van der Waals surface area contributed by atoms with Crippen LogP contribution in [0.4, 0.5) is 5.69 Å². The molecule has 0 aliphatic carbocycles. The summed E-state index contributed by atoms with van der Waals surface area (Å²) in [6, 6.07) is 23.9. The average molecular weight is 655 g/mol. The molecule has 1 aliphatic heterocycles. The van der Waals surface area contributed by atoms with Gasteiger partial charge in [-0.15, -0.1) is 0 Å². The number of aliphatic imine (C=N–C) groups is 1. The number of carbonyl (C=O) groups excluding carboxylic acids is 1. The number of hydrogen-bond acceptors (Lipinski definition) is 5. The third kappa shape index (κ3) is 5.85. The number of halogens is 2. The van der Waals surface area contributed by atoms with Crippen LogP contribution in [0.1, 0.15) is 23.6 Å². The van der Waals surface area contributed by atoms with Crippen LogP contribution in [0.3, 0.4) is 0 Å². The Labute approximate surface area is 244 Å². The van der Waals surface area contributed by atoms with Gasteiger partial charge in [-0.1, -0.05) is 60.1 Å². The molecule has 5 rings (SSSR count). The van der Waals surface area contributed by atoms with Gasteiger partial charge in [-0.05, 0) is 106 Å². The fourth-order valence-electron chi connectivity index (χ4n) is 4.10. The van der Waals surface area contributed by atoms with Crippen LogP contribution in [0.2, 0.25) is 5.02 Å². The van der Waals surface area contributed by atoms with Crippen molar-refractivity contribution < 1.29 is 14.3 Å². The van der Waals surface area contributed by atoms with Gasteiger partial charge in [0.05, 0.1) is 20.8 Å². The van der Waals surface area contributed by atoms with Crippen LogP contribution in [0.15, 0.2) is 82.7 Å². The lowest BCUT2D eigenvalue weighted by Crippen LogP contribution is -2.19. The highest BCUT2D eigenvalue weighted by Crippen LogP contribution is 2.37. The molecule has 1 heterocycles. The molecule has 4 aromatic rings. The molecular formula is C30H24ClIN2O3S. The Kier molecular flexibility index (Phi) is 8.26. The summed E-state index contributed by atoms with van der Waals surface area (Å²) < 4.78 is 13.1. The lowest BCUT2D eigenvalue weighted by atomic mass is 10.1. The second-order valence-corrected chi connectivity index (χ2v) is 11.2. The van der Waals surface area contributed by atoms with Crippen LogP contribution in [0.5, 0.6) is 11.5 Å². The van der Waals surface area contributed by atoms with Gasteiger partial charge in [0, 0.05) is 5.02 Å². The Hall–Kier alpha value is -3.01. The number of amides is 1. The molecule has 0 bridgehead atoms. The predicted octanol–water partition coefficient (Wildman–Crippen LogP) is 8.28. The molecule has 0 atom stereocenters. The Morgan fingerprint density at radius 3 is 2.68 bits per heavy atom. The van der Waals surface area contributed by atoms with Crippen molar-refractivity contribution in [2.75, 3.05) is 6.61 Å². The summed E-state index contributed by atoms with van der Waals surface area (Å²) in [5, 5.41) is 6.34. The first-order valence-electron chi connectivity index (χ1n) is 12.0. The molecule has 1 saturated heterocycles. The number of benzene rings is 4. The van der Waals surface area contributed by atoms with Crippen molar-refractivity contribution in [3.05, 3.63) is 103 Å². The van der Waals surface area contributed by atoms with E-state index in [1.807, 2.05) is 68.5 Å². The first-order valence-corrected chi connectivity index (χ1v) is 14.3. The van der Waals surface area contributed by atoms with Gasteiger partial charge in [-0.3, -0.25) is 4.79 Å². The highest BCUT2D eigenvalue weighted by atomic mass is 127. The molecule has 1 fully saturated rings. The Morgan fingerprint density at radius 2 is 1.84 bits per heavy atom. The van der Waals surface area contributed by atoms with E-state index in [-0.39, 0.29) is 5.91 Å². The summed E-state index contributed by atoms with van der Waals surface area (Å²) >= 11 is 9.76. The summed E-state index contributed by atoms with van der Waals surface area (Å²) in [5.74, 6) is 1.13. The summed E-state index contributed by atoms with van der Waals surface area (Å²) in [7, 11) is 0. The average Bonchev–Trinajstić information content (AvgIpc) is 3.24. The molecule has 0 saturated carbocycles. The lowest BCUT2D eigenvalue weighted by Gasteiger charge is -2.16.